The van der Waals surface area contributed by atoms with Gasteiger partial charge >= 0.3 is 0 Å². The number of amides is 6. The van der Waals surface area contributed by atoms with E-state index in [0.29, 0.717) is 34.2 Å². The number of nitrogens with zero attached hydrogens (tertiary/aromatic N) is 6. The lowest BCUT2D eigenvalue weighted by atomic mass is 9.91. The van der Waals surface area contributed by atoms with Crippen LogP contribution in [0.25, 0.3) is 32.3 Å². The number of aromatic nitrogens is 12. The van der Waals surface area contributed by atoms with Crippen LogP contribution >= 0.6 is 0 Å². The van der Waals surface area contributed by atoms with Crippen LogP contribution in [0, 0.1) is 0 Å². The zero-order valence-corrected chi connectivity index (χ0v) is 41.7. The second kappa shape index (κ2) is 23.7. The van der Waals surface area contributed by atoms with Crippen molar-refractivity contribution in [3.05, 3.63) is 169 Å². The molecule has 0 bridgehead atoms. The molecule has 14 N–H and O–H groups in total. The number of imidazole rings is 6. The topological polar surface area (TPSA) is 373 Å². The van der Waals surface area contributed by atoms with Crippen molar-refractivity contribution in [1.82, 2.24) is 91.7 Å². The minimum Gasteiger partial charge on any atom is -0.350 e. The smallest absolute Gasteiger partial charge is 0.243 e. The summed E-state index contributed by atoms with van der Waals surface area (Å²) in [6, 6.07) is 10.9. The Morgan fingerprint density at radius 1 is 0.397 bits per heavy atom. The minimum atomic E-state index is -1.38. The number of aromatic amines is 6. The van der Waals surface area contributed by atoms with Gasteiger partial charge in [0.05, 0.1) is 44.0 Å². The Morgan fingerprint density at radius 2 is 0.731 bits per heavy atom. The molecule has 6 atom stereocenters. The normalized spacial score (nSPS) is 13.8. The first-order valence-corrected chi connectivity index (χ1v) is 25.0. The van der Waals surface area contributed by atoms with Crippen LogP contribution in [0.15, 0.2) is 130 Å². The summed E-state index contributed by atoms with van der Waals surface area (Å²) in [6.45, 7) is 0.142. The van der Waals surface area contributed by atoms with Gasteiger partial charge < -0.3 is 67.5 Å². The predicted molar refractivity (Wildman–Crippen MR) is 283 cm³/mol. The van der Waals surface area contributed by atoms with Gasteiger partial charge in [0.15, 0.2) is 0 Å². The van der Waals surface area contributed by atoms with Gasteiger partial charge in [-0.3, -0.25) is 28.8 Å². The maximum atomic E-state index is 14.7. The zero-order valence-electron chi connectivity index (χ0n) is 41.7. The Labute approximate surface area is 443 Å². The standard InChI is InChI=1S/C53H55N19O6/c54-40(10-33-17-55-23-62-33)48(73)68-42(12-35-19-57-25-64-35)50(75)70-44(14-37-21-59-27-66-37)52(77)72-45(15-38-22-60-28-67-38)53(78)71-43(13-36-20-58-26-65-36)51(76)69-41(11-34-18-56-24-63-34)49(74)61-16-32-9-31-5-1-3-29-7-8-30-4-2-6-39(32)47(30)46(29)31/h1-9,17-28,40-45H,10-16,54H2,(H,55,62)(H,56,63)(H,57,64)(H,58,65)(H,59,66)(H,60,67)(H,61,74)(H,68,73)(H,69,76)(H,70,75)(H,71,78)(H,72,77)/t40-,41-,42-,43-,44-,45-/m0/s1. The van der Waals surface area contributed by atoms with E-state index >= 15 is 0 Å². The fourth-order valence-corrected chi connectivity index (χ4v) is 9.51. The molecule has 6 heterocycles. The van der Waals surface area contributed by atoms with Gasteiger partial charge in [-0.2, -0.15) is 0 Å². The van der Waals surface area contributed by atoms with Gasteiger partial charge in [-0.1, -0.05) is 48.5 Å². The monoisotopic (exact) mass is 1050 g/mol. The fraction of sp³-hybridized carbons (Fsp3) is 0.245. The third kappa shape index (κ3) is 12.4. The van der Waals surface area contributed by atoms with Crippen molar-refractivity contribution in [2.75, 3.05) is 0 Å². The summed E-state index contributed by atoms with van der Waals surface area (Å²) >= 11 is 0. The Kier molecular flexibility index (Phi) is 15.6. The number of benzene rings is 4. The Balaban J connectivity index is 0.876. The second-order valence-electron chi connectivity index (χ2n) is 18.9. The number of hydrogen-bond donors (Lipinski definition) is 13. The van der Waals surface area contributed by atoms with Crippen LogP contribution < -0.4 is 37.6 Å². The van der Waals surface area contributed by atoms with Crippen LogP contribution in [0.4, 0.5) is 0 Å². The number of carbonyl (C=O) groups is 6. The number of nitrogens with one attached hydrogen (secondary N) is 12. The van der Waals surface area contributed by atoms with E-state index in [0.717, 1.165) is 37.9 Å². The van der Waals surface area contributed by atoms with Gasteiger partial charge in [0.25, 0.3) is 0 Å². The van der Waals surface area contributed by atoms with Crippen molar-refractivity contribution >= 4 is 67.8 Å². The molecule has 0 saturated heterocycles. The minimum absolute atomic E-state index is 0.0193. The molecule has 0 unspecified atom stereocenters. The third-order valence-corrected chi connectivity index (χ3v) is 13.4. The maximum Gasteiger partial charge on any atom is 0.243 e. The van der Waals surface area contributed by atoms with Gasteiger partial charge in [0.1, 0.15) is 30.2 Å². The molecule has 10 rings (SSSR count). The highest BCUT2D eigenvalue weighted by Gasteiger charge is 2.35. The quantitative estimate of drug-likeness (QED) is 0.0352. The van der Waals surface area contributed by atoms with Crippen LogP contribution in [0.3, 0.4) is 0 Å². The molecular formula is C53H55N19O6. The summed E-state index contributed by atoms with van der Waals surface area (Å²) in [5, 5.41) is 23.5. The van der Waals surface area contributed by atoms with Gasteiger partial charge in [-0.15, -0.1) is 0 Å². The SMILES string of the molecule is N[C@@H](Cc1cnc[nH]1)C(=O)N[C@@H](Cc1cnc[nH]1)C(=O)N[C@@H](Cc1cnc[nH]1)C(=O)N[C@@H](Cc1cnc[nH]1)C(=O)N[C@@H](Cc1cnc[nH]1)C(=O)N[C@@H](Cc1cnc[nH]1)C(=O)NCc1cc2cccc3ccc4cccc1c4c32. The molecule has 0 spiro atoms. The molecule has 0 aliphatic carbocycles. The fourth-order valence-electron chi connectivity index (χ4n) is 9.51. The molecule has 78 heavy (non-hydrogen) atoms. The highest BCUT2D eigenvalue weighted by atomic mass is 16.2. The molecule has 398 valence electrons. The molecule has 0 aliphatic rings. The van der Waals surface area contributed by atoms with E-state index in [4.69, 9.17) is 5.73 Å². The van der Waals surface area contributed by atoms with Crippen LogP contribution in [0.5, 0.6) is 0 Å². The lowest BCUT2D eigenvalue weighted by molar-refractivity contribution is -0.135. The maximum absolute atomic E-state index is 14.7. The lowest BCUT2D eigenvalue weighted by Gasteiger charge is -2.27. The average molecular weight is 1050 g/mol. The molecule has 0 saturated carbocycles. The summed E-state index contributed by atoms with van der Waals surface area (Å²) in [7, 11) is 0. The number of H-pyrrole nitrogens is 6. The summed E-state index contributed by atoms with van der Waals surface area (Å²) in [4.78, 5) is 128. The first kappa shape index (κ1) is 51.4. The van der Waals surface area contributed by atoms with Crippen LogP contribution in [-0.2, 0) is 73.8 Å². The van der Waals surface area contributed by atoms with E-state index in [9.17, 15) is 28.8 Å². The van der Waals surface area contributed by atoms with Crippen molar-refractivity contribution in [1.29, 1.82) is 0 Å². The van der Waals surface area contributed by atoms with E-state index in [2.05, 4.69) is 122 Å². The Hall–Kier alpha value is -10.0. The van der Waals surface area contributed by atoms with Gasteiger partial charge in [-0.05, 0) is 43.9 Å². The summed E-state index contributed by atoms with van der Waals surface area (Å²) in [5.41, 5.74) is 10.2. The summed E-state index contributed by atoms with van der Waals surface area (Å²) in [5.74, 6) is -4.18. The summed E-state index contributed by atoms with van der Waals surface area (Å²) in [6.07, 6.45) is 17.3. The molecule has 25 nitrogen and oxygen atoms in total. The zero-order chi connectivity index (χ0) is 54.0. The second-order valence-corrected chi connectivity index (χ2v) is 18.9. The van der Waals surface area contributed by atoms with Gasteiger partial charge in [0, 0.05) is 116 Å². The van der Waals surface area contributed by atoms with Crippen molar-refractivity contribution in [3.8, 4) is 0 Å². The van der Waals surface area contributed by atoms with E-state index in [1.807, 2.05) is 24.3 Å². The number of hydrogen-bond acceptors (Lipinski definition) is 13. The first-order chi connectivity index (χ1) is 38.0. The van der Waals surface area contributed by atoms with E-state index < -0.39 is 71.7 Å². The first-order valence-electron chi connectivity index (χ1n) is 25.0. The van der Waals surface area contributed by atoms with E-state index in [1.165, 1.54) is 68.9 Å². The molecule has 10 aromatic rings. The molecule has 0 radical (unpaired) electrons. The molecule has 4 aromatic carbocycles. The molecular weight excluding hydrogens is 999 g/mol. The number of rotatable bonds is 25. The Bertz CT molecular complexity index is 3580. The molecule has 25 heteroatoms. The highest BCUT2D eigenvalue weighted by molar-refractivity contribution is 6.23. The van der Waals surface area contributed by atoms with Crippen LogP contribution in [0.1, 0.15) is 39.7 Å². The predicted octanol–water partition coefficient (Wildman–Crippen LogP) is 0.746. The largest absolute Gasteiger partial charge is 0.350 e. The molecule has 0 fully saturated rings. The van der Waals surface area contributed by atoms with Crippen LogP contribution in [-0.4, -0.2) is 132 Å². The number of carbonyl (C=O) groups excluding carboxylic acids is 6. The van der Waals surface area contributed by atoms with Crippen molar-refractivity contribution < 1.29 is 28.8 Å². The average Bonchev–Trinajstić information content (AvgIpc) is 4.44. The van der Waals surface area contributed by atoms with E-state index in [-0.39, 0.29) is 45.1 Å². The number of nitrogens with two attached hydrogens (primary N) is 1. The van der Waals surface area contributed by atoms with Crippen molar-refractivity contribution in [3.63, 3.8) is 0 Å². The third-order valence-electron chi connectivity index (χ3n) is 13.4. The highest BCUT2D eigenvalue weighted by Crippen LogP contribution is 2.36. The Morgan fingerprint density at radius 3 is 1.12 bits per heavy atom. The van der Waals surface area contributed by atoms with E-state index in [1.54, 1.807) is 6.20 Å². The molecule has 0 aliphatic heterocycles. The lowest BCUT2D eigenvalue weighted by Crippen LogP contribution is -2.61. The molecule has 6 amide bonds. The van der Waals surface area contributed by atoms with Gasteiger partial charge in [0.2, 0.25) is 35.4 Å². The van der Waals surface area contributed by atoms with Gasteiger partial charge in [-0.25, -0.2) is 29.9 Å². The summed E-state index contributed by atoms with van der Waals surface area (Å²) < 4.78 is 0. The van der Waals surface area contributed by atoms with Crippen molar-refractivity contribution in [2.45, 2.75) is 81.3 Å². The van der Waals surface area contributed by atoms with Crippen LogP contribution in [0.2, 0.25) is 0 Å². The van der Waals surface area contributed by atoms with Crippen molar-refractivity contribution in [2.24, 2.45) is 5.73 Å². The molecule has 6 aromatic heterocycles.